The minimum absolute atomic E-state index is 0.188. The summed E-state index contributed by atoms with van der Waals surface area (Å²) in [6.45, 7) is 0.312. The molecular formula is C24H19ClN6O3. The molecule has 34 heavy (non-hydrogen) atoms. The van der Waals surface area contributed by atoms with Crippen LogP contribution in [0.3, 0.4) is 0 Å². The van der Waals surface area contributed by atoms with Gasteiger partial charge in [0.25, 0.3) is 11.4 Å². The van der Waals surface area contributed by atoms with Gasteiger partial charge in [0.1, 0.15) is 12.0 Å². The summed E-state index contributed by atoms with van der Waals surface area (Å²) >= 11 is 6.03. The SMILES string of the molecule is Cn1cc(-c2c[nH]/c(=N\c3ccc(Oc4ccon4)cc3)n(Cc3ccc(Cl)cc3)c2=O)cn1. The normalized spacial score (nSPS) is 11.6. The number of rotatable bonds is 6. The van der Waals surface area contributed by atoms with E-state index in [0.29, 0.717) is 40.1 Å². The van der Waals surface area contributed by atoms with E-state index in [1.54, 1.807) is 77.4 Å². The summed E-state index contributed by atoms with van der Waals surface area (Å²) in [5, 5.41) is 8.53. The molecule has 9 nitrogen and oxygen atoms in total. The highest BCUT2D eigenvalue weighted by Crippen LogP contribution is 2.22. The lowest BCUT2D eigenvalue weighted by Crippen LogP contribution is -2.36. The van der Waals surface area contributed by atoms with Crippen molar-refractivity contribution in [3.63, 3.8) is 0 Å². The maximum Gasteiger partial charge on any atom is 0.263 e. The number of nitrogens with zero attached hydrogens (tertiary/aromatic N) is 5. The molecule has 0 spiro atoms. The van der Waals surface area contributed by atoms with Crippen LogP contribution in [-0.2, 0) is 13.6 Å². The van der Waals surface area contributed by atoms with E-state index in [1.165, 1.54) is 6.26 Å². The zero-order valence-corrected chi connectivity index (χ0v) is 18.8. The molecule has 0 unspecified atom stereocenters. The maximum absolute atomic E-state index is 13.5. The Hall–Kier alpha value is -4.37. The van der Waals surface area contributed by atoms with Crippen molar-refractivity contribution in [1.29, 1.82) is 0 Å². The van der Waals surface area contributed by atoms with E-state index in [-0.39, 0.29) is 5.56 Å². The van der Waals surface area contributed by atoms with Gasteiger partial charge in [0.05, 0.1) is 24.0 Å². The topological polar surface area (TPSA) is 103 Å². The Morgan fingerprint density at radius 2 is 1.91 bits per heavy atom. The molecule has 0 bridgehead atoms. The zero-order valence-electron chi connectivity index (χ0n) is 18.1. The highest BCUT2D eigenvalue weighted by molar-refractivity contribution is 6.30. The molecular weight excluding hydrogens is 456 g/mol. The van der Waals surface area contributed by atoms with Gasteiger partial charge in [-0.25, -0.2) is 4.99 Å². The minimum atomic E-state index is -0.188. The molecule has 10 heteroatoms. The highest BCUT2D eigenvalue weighted by atomic mass is 35.5. The van der Waals surface area contributed by atoms with Crippen LogP contribution in [0.5, 0.6) is 11.6 Å². The van der Waals surface area contributed by atoms with E-state index in [9.17, 15) is 4.79 Å². The van der Waals surface area contributed by atoms with Crippen molar-refractivity contribution in [3.8, 4) is 22.8 Å². The van der Waals surface area contributed by atoms with Crippen LogP contribution in [0.2, 0.25) is 5.02 Å². The molecule has 0 amide bonds. The van der Waals surface area contributed by atoms with Crippen LogP contribution >= 0.6 is 11.6 Å². The Balaban J connectivity index is 1.55. The lowest BCUT2D eigenvalue weighted by Gasteiger charge is -2.09. The van der Waals surface area contributed by atoms with Gasteiger partial charge in [-0.1, -0.05) is 23.7 Å². The third-order valence-electron chi connectivity index (χ3n) is 5.05. The molecule has 0 aliphatic carbocycles. The van der Waals surface area contributed by atoms with Crippen molar-refractivity contribution in [2.45, 2.75) is 6.54 Å². The van der Waals surface area contributed by atoms with E-state index < -0.39 is 0 Å². The fraction of sp³-hybridized carbons (Fsp3) is 0.0833. The molecule has 0 atom stereocenters. The summed E-state index contributed by atoms with van der Waals surface area (Å²) < 4.78 is 13.6. The molecule has 170 valence electrons. The van der Waals surface area contributed by atoms with Gasteiger partial charge in [-0.2, -0.15) is 5.10 Å². The van der Waals surface area contributed by atoms with Gasteiger partial charge in [-0.3, -0.25) is 14.0 Å². The van der Waals surface area contributed by atoms with Crippen LogP contribution < -0.4 is 15.9 Å². The Morgan fingerprint density at radius 1 is 1.12 bits per heavy atom. The first-order chi connectivity index (χ1) is 16.5. The van der Waals surface area contributed by atoms with Crippen molar-refractivity contribution in [1.82, 2.24) is 24.5 Å². The molecule has 0 saturated carbocycles. The zero-order chi connectivity index (χ0) is 23.5. The van der Waals surface area contributed by atoms with E-state index in [0.717, 1.165) is 11.1 Å². The largest absolute Gasteiger partial charge is 0.436 e. The molecule has 3 heterocycles. The minimum Gasteiger partial charge on any atom is -0.436 e. The predicted molar refractivity (Wildman–Crippen MR) is 126 cm³/mol. The van der Waals surface area contributed by atoms with E-state index in [2.05, 4.69) is 20.2 Å². The fourth-order valence-electron chi connectivity index (χ4n) is 3.38. The first-order valence-electron chi connectivity index (χ1n) is 10.3. The van der Waals surface area contributed by atoms with Crippen LogP contribution in [0.25, 0.3) is 11.1 Å². The quantitative estimate of drug-likeness (QED) is 0.395. The number of nitrogens with one attached hydrogen (secondary N) is 1. The molecule has 0 aliphatic heterocycles. The predicted octanol–water partition coefficient (Wildman–Crippen LogP) is 4.29. The molecule has 5 rings (SSSR count). The summed E-state index contributed by atoms with van der Waals surface area (Å²) in [5.74, 6) is 0.947. The number of ether oxygens (including phenoxy) is 1. The van der Waals surface area contributed by atoms with Gasteiger partial charge in [-0.15, -0.1) is 0 Å². The number of benzene rings is 2. The van der Waals surface area contributed by atoms with Crippen LogP contribution in [0.4, 0.5) is 5.69 Å². The number of aryl methyl sites for hydroxylation is 1. The number of aromatic nitrogens is 5. The summed E-state index contributed by atoms with van der Waals surface area (Å²) in [6.07, 6.45) is 6.53. The molecule has 2 aromatic carbocycles. The Bertz CT molecular complexity index is 1530. The lowest BCUT2D eigenvalue weighted by molar-refractivity contribution is 0.367. The summed E-state index contributed by atoms with van der Waals surface area (Å²) in [6, 6.07) is 16.1. The number of hydrogen-bond acceptors (Lipinski definition) is 6. The first-order valence-corrected chi connectivity index (χ1v) is 10.7. The number of halogens is 1. The standard InChI is InChI=1S/C24H19ClN6O3/c1-30-15-17(12-27-30)21-13-26-24(31(23(21)32)14-16-2-4-18(25)5-3-16)28-19-6-8-20(9-7-19)34-22-10-11-33-29-22/h2-13,15H,14H2,1H3,(H,26,28). The Morgan fingerprint density at radius 3 is 2.59 bits per heavy atom. The smallest absolute Gasteiger partial charge is 0.263 e. The fourth-order valence-corrected chi connectivity index (χ4v) is 3.51. The van der Waals surface area contributed by atoms with E-state index >= 15 is 0 Å². The summed E-state index contributed by atoms with van der Waals surface area (Å²) in [5.41, 5.74) is 2.98. The number of aromatic amines is 1. The lowest BCUT2D eigenvalue weighted by atomic mass is 10.2. The van der Waals surface area contributed by atoms with Gasteiger partial charge >= 0.3 is 0 Å². The van der Waals surface area contributed by atoms with Gasteiger partial charge < -0.3 is 14.2 Å². The van der Waals surface area contributed by atoms with Crippen LogP contribution in [0.1, 0.15) is 5.56 Å². The van der Waals surface area contributed by atoms with Crippen molar-refractivity contribution in [3.05, 3.63) is 106 Å². The maximum atomic E-state index is 13.5. The summed E-state index contributed by atoms with van der Waals surface area (Å²) in [7, 11) is 1.80. The van der Waals surface area contributed by atoms with Crippen LogP contribution in [-0.4, -0.2) is 24.5 Å². The van der Waals surface area contributed by atoms with Crippen molar-refractivity contribution >= 4 is 17.3 Å². The van der Waals surface area contributed by atoms with Gasteiger partial charge in [0.15, 0.2) is 0 Å². The second kappa shape index (κ2) is 9.24. The Labute approximate surface area is 198 Å². The molecule has 5 aromatic rings. The van der Waals surface area contributed by atoms with E-state index in [1.807, 2.05) is 12.1 Å². The number of hydrogen-bond donors (Lipinski definition) is 1. The van der Waals surface area contributed by atoms with E-state index in [4.69, 9.17) is 20.9 Å². The molecule has 0 saturated heterocycles. The Kier molecular flexibility index (Phi) is 5.84. The van der Waals surface area contributed by atoms with Crippen molar-refractivity contribution in [2.24, 2.45) is 12.0 Å². The molecule has 0 fully saturated rings. The average molecular weight is 475 g/mol. The third-order valence-corrected chi connectivity index (χ3v) is 5.31. The molecule has 3 aromatic heterocycles. The monoisotopic (exact) mass is 474 g/mol. The average Bonchev–Trinajstić information content (AvgIpc) is 3.51. The van der Waals surface area contributed by atoms with Gasteiger partial charge in [0.2, 0.25) is 5.62 Å². The van der Waals surface area contributed by atoms with Gasteiger partial charge in [-0.05, 0) is 47.1 Å². The van der Waals surface area contributed by atoms with Gasteiger partial charge in [0, 0.05) is 36.1 Å². The molecule has 0 radical (unpaired) electrons. The molecule has 1 N–H and O–H groups in total. The number of H-pyrrole nitrogens is 1. The third kappa shape index (κ3) is 4.69. The second-order valence-electron chi connectivity index (χ2n) is 7.49. The van der Waals surface area contributed by atoms with Crippen LogP contribution in [0.15, 0.2) is 93.8 Å². The second-order valence-corrected chi connectivity index (χ2v) is 7.93. The first kappa shape index (κ1) is 21.5. The van der Waals surface area contributed by atoms with Crippen LogP contribution in [0, 0.1) is 0 Å². The molecule has 0 aliphatic rings. The summed E-state index contributed by atoms with van der Waals surface area (Å²) in [4.78, 5) is 21.3. The van der Waals surface area contributed by atoms with Crippen molar-refractivity contribution < 1.29 is 9.26 Å². The van der Waals surface area contributed by atoms with Crippen molar-refractivity contribution in [2.75, 3.05) is 0 Å². The highest BCUT2D eigenvalue weighted by Gasteiger charge is 2.11.